The first-order chi connectivity index (χ1) is 14.3. The van der Waals surface area contributed by atoms with E-state index in [1.807, 2.05) is 26.0 Å². The summed E-state index contributed by atoms with van der Waals surface area (Å²) in [6.45, 7) is 6.50. The lowest BCUT2D eigenvalue weighted by Gasteiger charge is -2.33. The molecule has 1 aliphatic heterocycles. The molecule has 0 unspecified atom stereocenters. The van der Waals surface area contributed by atoms with Gasteiger partial charge in [-0.25, -0.2) is 17.8 Å². The molecule has 158 valence electrons. The first-order valence-electron chi connectivity index (χ1n) is 9.83. The van der Waals surface area contributed by atoms with Crippen LogP contribution in [0, 0.1) is 19.7 Å². The molecule has 0 amide bonds. The summed E-state index contributed by atoms with van der Waals surface area (Å²) < 4.78 is 46.0. The number of rotatable bonds is 5. The molecule has 0 spiro atoms. The van der Waals surface area contributed by atoms with Crippen LogP contribution < -0.4 is 0 Å². The molecule has 1 aliphatic rings. The maximum Gasteiger partial charge on any atom is 0.243 e. The zero-order chi connectivity index (χ0) is 21.3. The molecule has 8 heteroatoms. The molecule has 0 bridgehead atoms. The normalized spacial score (nSPS) is 16.1. The molecule has 2 aromatic carbocycles. The van der Waals surface area contributed by atoms with Crippen molar-refractivity contribution in [2.75, 3.05) is 26.2 Å². The minimum Gasteiger partial charge on any atom is -0.444 e. The Kier molecular flexibility index (Phi) is 5.73. The molecular weight excluding hydrogens is 405 g/mol. The molecule has 1 aromatic heterocycles. The molecule has 0 N–H and O–H groups in total. The number of aromatic nitrogens is 1. The van der Waals surface area contributed by atoms with Gasteiger partial charge in [-0.05, 0) is 43.7 Å². The molecule has 0 atom stereocenters. The number of nitrogens with zero attached hydrogens (tertiary/aromatic N) is 3. The molecule has 2 heterocycles. The molecule has 6 nitrogen and oxygen atoms in total. The third kappa shape index (κ3) is 4.30. The van der Waals surface area contributed by atoms with Gasteiger partial charge in [-0.1, -0.05) is 23.8 Å². The van der Waals surface area contributed by atoms with E-state index in [1.54, 1.807) is 6.26 Å². The van der Waals surface area contributed by atoms with E-state index >= 15 is 0 Å². The monoisotopic (exact) mass is 429 g/mol. The maximum absolute atomic E-state index is 13.4. The van der Waals surface area contributed by atoms with Gasteiger partial charge in [-0.2, -0.15) is 4.31 Å². The van der Waals surface area contributed by atoms with Crippen LogP contribution in [0.15, 0.2) is 58.0 Å². The predicted molar refractivity (Wildman–Crippen MR) is 112 cm³/mol. The summed E-state index contributed by atoms with van der Waals surface area (Å²) in [7, 11) is -3.69. The van der Waals surface area contributed by atoms with Crippen LogP contribution in [0.3, 0.4) is 0 Å². The highest BCUT2D eigenvalue weighted by Crippen LogP contribution is 2.24. The van der Waals surface area contributed by atoms with Crippen molar-refractivity contribution in [3.05, 3.63) is 71.4 Å². The lowest BCUT2D eigenvalue weighted by atomic mass is 10.1. The van der Waals surface area contributed by atoms with Gasteiger partial charge in [-0.15, -0.1) is 0 Å². The van der Waals surface area contributed by atoms with E-state index in [9.17, 15) is 12.8 Å². The summed E-state index contributed by atoms with van der Waals surface area (Å²) in [6.07, 6.45) is 1.66. The summed E-state index contributed by atoms with van der Waals surface area (Å²) >= 11 is 0. The number of piperazine rings is 1. The number of aryl methyl sites for hydroxylation is 2. The fourth-order valence-electron chi connectivity index (χ4n) is 3.69. The highest BCUT2D eigenvalue weighted by Gasteiger charge is 2.29. The first kappa shape index (κ1) is 20.7. The zero-order valence-corrected chi connectivity index (χ0v) is 17.8. The van der Waals surface area contributed by atoms with E-state index in [0.29, 0.717) is 38.6 Å². The molecule has 30 heavy (non-hydrogen) atoms. The number of hydrogen-bond donors (Lipinski definition) is 0. The van der Waals surface area contributed by atoms with Crippen LogP contribution in [0.1, 0.15) is 16.8 Å². The van der Waals surface area contributed by atoms with Crippen molar-refractivity contribution in [1.82, 2.24) is 14.2 Å². The third-order valence-corrected chi connectivity index (χ3v) is 7.21. The highest BCUT2D eigenvalue weighted by molar-refractivity contribution is 7.89. The van der Waals surface area contributed by atoms with E-state index in [4.69, 9.17) is 4.42 Å². The summed E-state index contributed by atoms with van der Waals surface area (Å²) in [5.41, 5.74) is 4.08. The van der Waals surface area contributed by atoms with Gasteiger partial charge in [0.2, 0.25) is 15.9 Å². The Morgan fingerprint density at radius 3 is 2.53 bits per heavy atom. The Labute approximate surface area is 176 Å². The van der Waals surface area contributed by atoms with E-state index in [2.05, 4.69) is 16.0 Å². The Hall–Kier alpha value is -2.55. The summed E-state index contributed by atoms with van der Waals surface area (Å²) in [6, 6.07) is 11.3. The second-order valence-electron chi connectivity index (χ2n) is 7.60. The lowest BCUT2D eigenvalue weighted by molar-refractivity contribution is 0.180. The van der Waals surface area contributed by atoms with Crippen LogP contribution in [-0.2, 0) is 16.6 Å². The topological polar surface area (TPSA) is 66.7 Å². The van der Waals surface area contributed by atoms with Crippen molar-refractivity contribution < 1.29 is 17.2 Å². The highest BCUT2D eigenvalue weighted by atomic mass is 32.2. The van der Waals surface area contributed by atoms with Crippen molar-refractivity contribution in [3.63, 3.8) is 0 Å². The number of benzene rings is 2. The molecule has 4 rings (SSSR count). The lowest BCUT2D eigenvalue weighted by Crippen LogP contribution is -2.48. The van der Waals surface area contributed by atoms with Crippen LogP contribution >= 0.6 is 0 Å². The molecule has 3 aromatic rings. The van der Waals surface area contributed by atoms with Crippen molar-refractivity contribution in [1.29, 1.82) is 0 Å². The molecule has 0 saturated carbocycles. The van der Waals surface area contributed by atoms with Crippen molar-refractivity contribution in [2.45, 2.75) is 25.3 Å². The molecule has 1 fully saturated rings. The smallest absolute Gasteiger partial charge is 0.243 e. The van der Waals surface area contributed by atoms with Gasteiger partial charge in [0, 0.05) is 38.3 Å². The summed E-state index contributed by atoms with van der Waals surface area (Å²) in [5, 5.41) is 0. The van der Waals surface area contributed by atoms with Gasteiger partial charge in [-0.3, -0.25) is 4.90 Å². The zero-order valence-electron chi connectivity index (χ0n) is 17.0. The van der Waals surface area contributed by atoms with E-state index in [-0.39, 0.29) is 4.90 Å². The fraction of sp³-hybridized carbons (Fsp3) is 0.318. The Morgan fingerprint density at radius 2 is 1.83 bits per heavy atom. The van der Waals surface area contributed by atoms with Crippen molar-refractivity contribution in [2.24, 2.45) is 0 Å². The van der Waals surface area contributed by atoms with Gasteiger partial charge in [0.1, 0.15) is 12.1 Å². The number of hydrogen-bond acceptors (Lipinski definition) is 5. The Morgan fingerprint density at radius 1 is 1.07 bits per heavy atom. The quantitative estimate of drug-likeness (QED) is 0.620. The van der Waals surface area contributed by atoms with E-state index < -0.39 is 15.8 Å². The second kappa shape index (κ2) is 8.29. The Bertz CT molecular complexity index is 1150. The van der Waals surface area contributed by atoms with Crippen LogP contribution in [-0.4, -0.2) is 48.8 Å². The molecule has 0 radical (unpaired) electrons. The maximum atomic E-state index is 13.4. The van der Waals surface area contributed by atoms with Crippen molar-refractivity contribution >= 4 is 10.0 Å². The van der Waals surface area contributed by atoms with Crippen LogP contribution in [0.2, 0.25) is 0 Å². The number of oxazole rings is 1. The van der Waals surface area contributed by atoms with Gasteiger partial charge in [0.25, 0.3) is 0 Å². The standard InChI is InChI=1S/C22H24FN3O3S/c1-16-6-7-21(17(2)12-16)22-24-19(15-29-22)14-25-8-10-26(11-9-25)30(27,28)20-5-3-4-18(23)13-20/h3-7,12-13,15H,8-11,14H2,1-2H3. The SMILES string of the molecule is Cc1ccc(-c2nc(CN3CCN(S(=O)(=O)c4cccc(F)c4)CC3)co2)c(C)c1. The minimum atomic E-state index is -3.69. The van der Waals surface area contributed by atoms with Crippen LogP contribution in [0.5, 0.6) is 0 Å². The molecule has 0 aliphatic carbocycles. The number of sulfonamides is 1. The summed E-state index contributed by atoms with van der Waals surface area (Å²) in [5.74, 6) is 0.0372. The second-order valence-corrected chi connectivity index (χ2v) is 9.54. The van der Waals surface area contributed by atoms with Gasteiger partial charge < -0.3 is 4.42 Å². The minimum absolute atomic E-state index is 0.00874. The largest absolute Gasteiger partial charge is 0.444 e. The molecular formula is C22H24FN3O3S. The average Bonchev–Trinajstić information content (AvgIpc) is 3.16. The van der Waals surface area contributed by atoms with E-state index in [1.165, 1.54) is 28.1 Å². The molecule has 1 saturated heterocycles. The third-order valence-electron chi connectivity index (χ3n) is 5.31. The van der Waals surface area contributed by atoms with E-state index in [0.717, 1.165) is 22.9 Å². The van der Waals surface area contributed by atoms with Crippen LogP contribution in [0.25, 0.3) is 11.5 Å². The van der Waals surface area contributed by atoms with Gasteiger partial charge in [0.15, 0.2) is 0 Å². The van der Waals surface area contributed by atoms with Crippen LogP contribution in [0.4, 0.5) is 4.39 Å². The predicted octanol–water partition coefficient (Wildman–Crippen LogP) is 3.60. The first-order valence-corrected chi connectivity index (χ1v) is 11.3. The average molecular weight is 430 g/mol. The Balaban J connectivity index is 1.39. The fourth-order valence-corrected chi connectivity index (χ4v) is 5.14. The van der Waals surface area contributed by atoms with Gasteiger partial charge >= 0.3 is 0 Å². The number of halogens is 1. The van der Waals surface area contributed by atoms with Gasteiger partial charge in [0.05, 0.1) is 10.6 Å². The van der Waals surface area contributed by atoms with Crippen molar-refractivity contribution in [3.8, 4) is 11.5 Å². The summed E-state index contributed by atoms with van der Waals surface area (Å²) in [4.78, 5) is 6.74.